The number of H-pyrrole nitrogens is 1. The van der Waals surface area contributed by atoms with Crippen LogP contribution in [-0.4, -0.2) is 72.2 Å². The summed E-state index contributed by atoms with van der Waals surface area (Å²) in [6.07, 6.45) is 0. The normalized spacial score (nSPS) is 15.7. The molecule has 166 valence electrons. The first kappa shape index (κ1) is 20.3. The molecule has 0 saturated carbocycles. The second-order valence-corrected chi connectivity index (χ2v) is 7.79. The molecule has 1 aromatic heterocycles. The summed E-state index contributed by atoms with van der Waals surface area (Å²) in [5, 5.41) is 19.1. The van der Waals surface area contributed by atoms with Crippen molar-refractivity contribution in [2.75, 3.05) is 56.3 Å². The third kappa shape index (κ3) is 4.25. The molecule has 0 unspecified atom stereocenters. The van der Waals surface area contributed by atoms with E-state index in [1.165, 1.54) is 0 Å². The third-order valence-corrected chi connectivity index (χ3v) is 5.78. The van der Waals surface area contributed by atoms with Crippen LogP contribution in [0.3, 0.4) is 0 Å². The lowest BCUT2D eigenvalue weighted by atomic mass is 10.1. The van der Waals surface area contributed by atoms with Crippen LogP contribution in [0.15, 0.2) is 48.5 Å². The van der Waals surface area contributed by atoms with E-state index in [9.17, 15) is 4.79 Å². The number of amides is 1. The maximum Gasteiger partial charge on any atom is 0.256 e. The van der Waals surface area contributed by atoms with Crippen LogP contribution >= 0.6 is 0 Å². The molecular formula is C23H25N5O4. The van der Waals surface area contributed by atoms with Gasteiger partial charge in [0.15, 0.2) is 11.5 Å². The molecule has 2 aliphatic heterocycles. The summed E-state index contributed by atoms with van der Waals surface area (Å²) in [4.78, 5) is 17.2. The number of nitrogens with one attached hydrogen (secondary N) is 2. The lowest BCUT2D eigenvalue weighted by Crippen LogP contribution is -2.47. The third-order valence-electron chi connectivity index (χ3n) is 5.78. The number of aliphatic hydroxyl groups excluding tert-OH is 1. The minimum absolute atomic E-state index is 0.193. The van der Waals surface area contributed by atoms with Gasteiger partial charge in [-0.05, 0) is 42.5 Å². The first-order chi connectivity index (χ1) is 15.7. The number of fused-ring (bicyclic) bond motifs is 1. The highest BCUT2D eigenvalue weighted by atomic mass is 16.7. The number of carbonyl (C=O) groups excluding carboxylic acids is 1. The van der Waals surface area contributed by atoms with Gasteiger partial charge >= 0.3 is 0 Å². The van der Waals surface area contributed by atoms with Crippen molar-refractivity contribution in [3.05, 3.63) is 54.1 Å². The molecule has 3 heterocycles. The van der Waals surface area contributed by atoms with Gasteiger partial charge in [-0.25, -0.2) is 0 Å². The molecule has 9 heteroatoms. The Morgan fingerprint density at radius 2 is 1.81 bits per heavy atom. The van der Waals surface area contributed by atoms with Crippen LogP contribution in [0.2, 0.25) is 0 Å². The fraction of sp³-hybridized carbons (Fsp3) is 0.304. The number of ether oxygens (including phenoxy) is 2. The number of hydrogen-bond acceptors (Lipinski definition) is 7. The summed E-state index contributed by atoms with van der Waals surface area (Å²) < 4.78 is 10.7. The van der Waals surface area contributed by atoms with Crippen LogP contribution in [0.25, 0.3) is 11.3 Å². The monoisotopic (exact) mass is 435 g/mol. The maximum atomic E-state index is 12.7. The zero-order valence-electron chi connectivity index (χ0n) is 17.6. The van der Waals surface area contributed by atoms with Gasteiger partial charge < -0.3 is 24.8 Å². The van der Waals surface area contributed by atoms with E-state index in [0.717, 1.165) is 44.0 Å². The van der Waals surface area contributed by atoms with Gasteiger partial charge in [0.2, 0.25) is 6.79 Å². The molecule has 0 spiro atoms. The molecule has 1 amide bonds. The van der Waals surface area contributed by atoms with Gasteiger partial charge in [-0.15, -0.1) is 0 Å². The minimum atomic E-state index is -0.204. The van der Waals surface area contributed by atoms with Crippen molar-refractivity contribution >= 4 is 17.4 Å². The molecule has 1 fully saturated rings. The van der Waals surface area contributed by atoms with Gasteiger partial charge in [0.25, 0.3) is 5.91 Å². The van der Waals surface area contributed by atoms with Crippen molar-refractivity contribution < 1.29 is 19.4 Å². The Labute approximate surface area is 185 Å². The van der Waals surface area contributed by atoms with Crippen LogP contribution in [-0.2, 0) is 0 Å². The predicted molar refractivity (Wildman–Crippen MR) is 120 cm³/mol. The Hall–Kier alpha value is -3.56. The first-order valence-electron chi connectivity index (χ1n) is 10.6. The Kier molecular flexibility index (Phi) is 5.66. The molecule has 0 radical (unpaired) electrons. The summed E-state index contributed by atoms with van der Waals surface area (Å²) in [5.74, 6) is 1.72. The van der Waals surface area contributed by atoms with Gasteiger partial charge in [0, 0.05) is 55.6 Å². The second kappa shape index (κ2) is 8.89. The Morgan fingerprint density at radius 3 is 2.59 bits per heavy atom. The number of anilines is 2. The van der Waals surface area contributed by atoms with Crippen molar-refractivity contribution in [1.29, 1.82) is 0 Å². The van der Waals surface area contributed by atoms with Crippen molar-refractivity contribution in [3.8, 4) is 22.8 Å². The topological polar surface area (TPSA) is 103 Å². The lowest BCUT2D eigenvalue weighted by Gasteiger charge is -2.35. The van der Waals surface area contributed by atoms with Crippen molar-refractivity contribution in [2.24, 2.45) is 0 Å². The van der Waals surface area contributed by atoms with E-state index in [-0.39, 0.29) is 19.3 Å². The number of carbonyl (C=O) groups is 1. The summed E-state index contributed by atoms with van der Waals surface area (Å²) in [7, 11) is 0. The number of benzene rings is 2. The van der Waals surface area contributed by atoms with E-state index in [2.05, 4.69) is 25.3 Å². The van der Waals surface area contributed by atoms with Gasteiger partial charge in [-0.3, -0.25) is 14.8 Å². The van der Waals surface area contributed by atoms with Crippen molar-refractivity contribution in [3.63, 3.8) is 0 Å². The predicted octanol–water partition coefficient (Wildman–Crippen LogP) is 2.17. The van der Waals surface area contributed by atoms with E-state index in [1.54, 1.807) is 6.07 Å². The van der Waals surface area contributed by atoms with Crippen LogP contribution in [0.1, 0.15) is 10.4 Å². The Bertz CT molecular complexity index is 1090. The first-order valence-corrected chi connectivity index (χ1v) is 10.6. The molecule has 5 rings (SSSR count). The standard InChI is InChI=1S/C23H25N5O4/c29-12-11-27-7-9-28(10-8-27)18-4-1-16(2-5-18)23(30)24-22-14-19(25-26-22)17-3-6-20-21(13-17)32-15-31-20/h1-6,13-14,29H,7-12,15H2,(H2,24,25,26,30). The number of rotatable bonds is 6. The molecule has 1 saturated heterocycles. The number of aromatic amines is 1. The van der Waals surface area contributed by atoms with E-state index >= 15 is 0 Å². The van der Waals surface area contributed by atoms with E-state index in [1.807, 2.05) is 42.5 Å². The minimum Gasteiger partial charge on any atom is -0.454 e. The number of aromatic nitrogens is 2. The van der Waals surface area contributed by atoms with E-state index < -0.39 is 0 Å². The molecule has 0 bridgehead atoms. The van der Waals surface area contributed by atoms with Crippen molar-refractivity contribution in [2.45, 2.75) is 0 Å². The van der Waals surface area contributed by atoms with E-state index in [0.29, 0.717) is 28.6 Å². The molecule has 3 N–H and O–H groups in total. The molecule has 9 nitrogen and oxygen atoms in total. The SMILES string of the molecule is O=C(Nc1cc(-c2ccc3c(c2)OCO3)n[nH]1)c1ccc(N2CCN(CCO)CC2)cc1. The quantitative estimate of drug-likeness (QED) is 0.545. The molecular weight excluding hydrogens is 410 g/mol. The highest BCUT2D eigenvalue weighted by Crippen LogP contribution is 2.35. The number of piperazine rings is 1. The molecule has 0 atom stereocenters. The number of nitrogens with zero attached hydrogens (tertiary/aromatic N) is 3. The lowest BCUT2D eigenvalue weighted by molar-refractivity contribution is 0.102. The van der Waals surface area contributed by atoms with Gasteiger partial charge in [0.1, 0.15) is 5.82 Å². The fourth-order valence-electron chi connectivity index (χ4n) is 3.98. The van der Waals surface area contributed by atoms with Gasteiger partial charge in [-0.2, -0.15) is 5.10 Å². The van der Waals surface area contributed by atoms with Crippen LogP contribution in [0.4, 0.5) is 11.5 Å². The van der Waals surface area contributed by atoms with Crippen LogP contribution < -0.4 is 19.7 Å². The Morgan fingerprint density at radius 1 is 1.03 bits per heavy atom. The van der Waals surface area contributed by atoms with Crippen molar-refractivity contribution in [1.82, 2.24) is 15.1 Å². The average Bonchev–Trinajstić information content (AvgIpc) is 3.49. The fourth-order valence-corrected chi connectivity index (χ4v) is 3.98. The molecule has 3 aromatic rings. The maximum absolute atomic E-state index is 12.7. The summed E-state index contributed by atoms with van der Waals surface area (Å²) in [5.41, 5.74) is 3.24. The summed E-state index contributed by atoms with van der Waals surface area (Å²) >= 11 is 0. The van der Waals surface area contributed by atoms with Gasteiger partial charge in [0.05, 0.1) is 12.3 Å². The van der Waals surface area contributed by atoms with Gasteiger partial charge in [-0.1, -0.05) is 0 Å². The van der Waals surface area contributed by atoms with E-state index in [4.69, 9.17) is 14.6 Å². The smallest absolute Gasteiger partial charge is 0.256 e. The molecule has 2 aromatic carbocycles. The highest BCUT2D eigenvalue weighted by Gasteiger charge is 2.18. The zero-order chi connectivity index (χ0) is 21.9. The zero-order valence-corrected chi connectivity index (χ0v) is 17.6. The summed E-state index contributed by atoms with van der Waals surface area (Å²) in [6.45, 7) is 4.79. The average molecular weight is 435 g/mol. The molecule has 2 aliphatic rings. The van der Waals surface area contributed by atoms with Crippen LogP contribution in [0, 0.1) is 0 Å². The number of hydrogen-bond donors (Lipinski definition) is 3. The highest BCUT2D eigenvalue weighted by molar-refractivity contribution is 6.04. The Balaban J connectivity index is 1.20. The van der Waals surface area contributed by atoms with Crippen LogP contribution in [0.5, 0.6) is 11.5 Å². The molecule has 0 aliphatic carbocycles. The number of aliphatic hydroxyl groups is 1. The summed E-state index contributed by atoms with van der Waals surface area (Å²) in [6, 6.07) is 15.0. The number of β-amino-alcohol motifs (C(OH)–C–C–N with tert-alkyl or cyclic N) is 1. The second-order valence-electron chi connectivity index (χ2n) is 7.79. The largest absolute Gasteiger partial charge is 0.454 e. The molecule has 32 heavy (non-hydrogen) atoms.